The molecule has 0 aliphatic carbocycles. The summed E-state index contributed by atoms with van der Waals surface area (Å²) in [5.74, 6) is -1.20. The predicted octanol–water partition coefficient (Wildman–Crippen LogP) is 17.3. The Kier molecular flexibility index (Phi) is 55.4. The first-order valence-electron chi connectivity index (χ1n) is 34.6. The van der Waals surface area contributed by atoms with Crippen molar-refractivity contribution in [3.8, 4) is 0 Å². The quantitative estimate of drug-likeness (QED) is 0.0195. The van der Waals surface area contributed by atoms with Crippen LogP contribution in [-0.2, 0) is 23.8 Å². The minimum Gasteiger partial charge on any atom is -0.454 e. The van der Waals surface area contributed by atoms with E-state index in [9.17, 15) is 35.1 Å². The number of nitrogens with one attached hydrogen (secondary N) is 1. The highest BCUT2D eigenvalue weighted by molar-refractivity contribution is 5.80. The summed E-state index contributed by atoms with van der Waals surface area (Å²) in [6.07, 6.45) is 64.0. The summed E-state index contributed by atoms with van der Waals surface area (Å²) in [7, 11) is 0. The van der Waals surface area contributed by atoms with Crippen LogP contribution in [0.5, 0.6) is 0 Å². The van der Waals surface area contributed by atoms with Gasteiger partial charge >= 0.3 is 5.97 Å². The molecule has 0 spiro atoms. The maximum atomic E-state index is 13.5. The van der Waals surface area contributed by atoms with Crippen molar-refractivity contribution in [3.63, 3.8) is 0 Å². The SMILES string of the molecule is CCCCC/C=C\C/C=C\C/C=C\C/C=C\CCCCCCCC(=O)OC1C(OCC(NC(=O)C(O)CCCCCCCCCCCCCCCCCCCCCC)C(O)/C=C/CCCCCCCCCCCC)OC(CO)C(O)C1O. The van der Waals surface area contributed by atoms with Gasteiger partial charge in [-0.05, 0) is 70.6 Å². The molecule has 82 heavy (non-hydrogen) atoms. The fourth-order valence-corrected chi connectivity index (χ4v) is 10.7. The molecular weight excluding hydrogens is 1030 g/mol. The van der Waals surface area contributed by atoms with Gasteiger partial charge < -0.3 is 45.1 Å². The Morgan fingerprint density at radius 3 is 1.28 bits per heavy atom. The van der Waals surface area contributed by atoms with E-state index < -0.39 is 67.4 Å². The van der Waals surface area contributed by atoms with Gasteiger partial charge in [0.1, 0.15) is 24.4 Å². The summed E-state index contributed by atoms with van der Waals surface area (Å²) >= 11 is 0. The van der Waals surface area contributed by atoms with Gasteiger partial charge in [-0.1, -0.05) is 300 Å². The van der Waals surface area contributed by atoms with Crippen molar-refractivity contribution in [1.29, 1.82) is 0 Å². The van der Waals surface area contributed by atoms with Crippen LogP contribution in [0.3, 0.4) is 0 Å². The zero-order valence-corrected chi connectivity index (χ0v) is 53.1. The van der Waals surface area contributed by atoms with E-state index in [0.29, 0.717) is 19.3 Å². The van der Waals surface area contributed by atoms with E-state index in [1.54, 1.807) is 6.08 Å². The van der Waals surface area contributed by atoms with Crippen molar-refractivity contribution in [3.05, 3.63) is 60.8 Å². The van der Waals surface area contributed by atoms with Crippen LogP contribution in [0.4, 0.5) is 0 Å². The molecule has 1 saturated heterocycles. The molecule has 11 heteroatoms. The summed E-state index contributed by atoms with van der Waals surface area (Å²) < 4.78 is 17.7. The van der Waals surface area contributed by atoms with E-state index >= 15 is 0 Å². The first kappa shape index (κ1) is 77.4. The molecule has 0 radical (unpaired) electrons. The third kappa shape index (κ3) is 45.7. The van der Waals surface area contributed by atoms with Gasteiger partial charge in [-0.2, -0.15) is 0 Å². The Bertz CT molecular complexity index is 1560. The zero-order valence-electron chi connectivity index (χ0n) is 53.1. The van der Waals surface area contributed by atoms with Gasteiger partial charge in [0.05, 0.1) is 25.4 Å². The molecule has 1 rings (SSSR count). The van der Waals surface area contributed by atoms with E-state index in [1.807, 2.05) is 6.08 Å². The third-order valence-electron chi connectivity index (χ3n) is 16.2. The van der Waals surface area contributed by atoms with Crippen LogP contribution in [-0.4, -0.2) is 99.6 Å². The van der Waals surface area contributed by atoms with Gasteiger partial charge in [0.2, 0.25) is 5.91 Å². The Morgan fingerprint density at radius 2 is 0.841 bits per heavy atom. The number of carbonyl (C=O) groups excluding carboxylic acids is 2. The van der Waals surface area contributed by atoms with Gasteiger partial charge in [-0.3, -0.25) is 9.59 Å². The largest absolute Gasteiger partial charge is 0.454 e. The number of aliphatic hydroxyl groups is 5. The van der Waals surface area contributed by atoms with Gasteiger partial charge in [-0.25, -0.2) is 0 Å². The lowest BCUT2D eigenvalue weighted by atomic mass is 9.99. The second kappa shape index (κ2) is 58.7. The number of allylic oxidation sites excluding steroid dienone is 9. The van der Waals surface area contributed by atoms with Crippen molar-refractivity contribution in [2.24, 2.45) is 0 Å². The van der Waals surface area contributed by atoms with Crippen LogP contribution in [0.2, 0.25) is 0 Å². The minimum atomic E-state index is -1.62. The van der Waals surface area contributed by atoms with E-state index in [2.05, 4.69) is 74.7 Å². The number of unbranched alkanes of at least 4 members (excludes halogenated alkanes) is 37. The maximum absolute atomic E-state index is 13.5. The molecule has 11 nitrogen and oxygen atoms in total. The summed E-state index contributed by atoms with van der Waals surface area (Å²) in [5.41, 5.74) is 0. The zero-order chi connectivity index (χ0) is 59.6. The molecule has 1 heterocycles. The predicted molar refractivity (Wildman–Crippen MR) is 343 cm³/mol. The van der Waals surface area contributed by atoms with Crippen molar-refractivity contribution in [1.82, 2.24) is 5.32 Å². The van der Waals surface area contributed by atoms with Crippen LogP contribution in [0.1, 0.15) is 316 Å². The van der Waals surface area contributed by atoms with Gasteiger partial charge in [-0.15, -0.1) is 0 Å². The van der Waals surface area contributed by atoms with E-state index in [1.165, 1.54) is 180 Å². The van der Waals surface area contributed by atoms with E-state index in [-0.39, 0.29) is 13.0 Å². The summed E-state index contributed by atoms with van der Waals surface area (Å²) in [4.78, 5) is 26.6. The highest BCUT2D eigenvalue weighted by atomic mass is 16.7. The molecule has 1 amide bonds. The second-order valence-electron chi connectivity index (χ2n) is 23.9. The molecule has 0 aromatic heterocycles. The van der Waals surface area contributed by atoms with Crippen molar-refractivity contribution >= 4 is 11.9 Å². The Labute approximate surface area is 503 Å². The van der Waals surface area contributed by atoms with Crippen molar-refractivity contribution < 1.29 is 49.3 Å². The van der Waals surface area contributed by atoms with E-state index in [4.69, 9.17) is 14.2 Å². The summed E-state index contributed by atoms with van der Waals surface area (Å²) in [6, 6.07) is -1.03. The second-order valence-corrected chi connectivity index (χ2v) is 23.9. The molecule has 1 fully saturated rings. The minimum absolute atomic E-state index is 0.102. The molecule has 8 unspecified atom stereocenters. The standard InChI is InChI=1S/C71H129NO10/c1-4-7-10-13-16-19-22-25-27-29-31-33-35-37-39-41-44-47-50-53-56-59-66(76)82-69-68(78)67(77)65(60-73)81-71(69)80-61-62(63(74)57-54-51-48-45-42-24-21-18-15-12-9-6-3)72-70(79)64(75)58-55-52-49-46-43-40-38-36-34-32-30-28-26-23-20-17-14-11-8-5-2/h16,19,25,27,31,33,37,39,54,57,62-65,67-69,71,73-75,77-78H,4-15,17-18,20-24,26,28-30,32,34-36,38,40-53,55-56,58-61H2,1-3H3,(H,72,79)/b19-16-,27-25-,33-31-,39-37-,57-54+. The number of esters is 1. The number of rotatable bonds is 59. The molecule has 8 atom stereocenters. The third-order valence-corrected chi connectivity index (χ3v) is 16.2. The molecule has 478 valence electrons. The number of ether oxygens (including phenoxy) is 3. The van der Waals surface area contributed by atoms with Gasteiger partial charge in [0.15, 0.2) is 12.4 Å². The lowest BCUT2D eigenvalue weighted by molar-refractivity contribution is -0.305. The molecule has 0 bridgehead atoms. The number of amides is 1. The number of hydrogen-bond donors (Lipinski definition) is 6. The van der Waals surface area contributed by atoms with E-state index in [0.717, 1.165) is 89.9 Å². The number of carbonyl (C=O) groups is 2. The molecular formula is C71H129NO10. The van der Waals surface area contributed by atoms with Crippen molar-refractivity contribution in [2.45, 2.75) is 365 Å². The van der Waals surface area contributed by atoms with Crippen LogP contribution < -0.4 is 5.32 Å². The van der Waals surface area contributed by atoms with Crippen molar-refractivity contribution in [2.75, 3.05) is 13.2 Å². The Morgan fingerprint density at radius 1 is 0.476 bits per heavy atom. The first-order chi connectivity index (χ1) is 40.2. The molecule has 1 aliphatic heterocycles. The molecule has 0 aromatic rings. The maximum Gasteiger partial charge on any atom is 0.306 e. The molecule has 0 saturated carbocycles. The first-order valence-corrected chi connectivity index (χ1v) is 34.6. The fraction of sp³-hybridized carbons (Fsp3) is 0.831. The Hall–Kier alpha value is -2.64. The highest BCUT2D eigenvalue weighted by Crippen LogP contribution is 2.26. The fourth-order valence-electron chi connectivity index (χ4n) is 10.7. The highest BCUT2D eigenvalue weighted by Gasteiger charge is 2.47. The molecule has 1 aliphatic rings. The van der Waals surface area contributed by atoms with Gasteiger partial charge in [0.25, 0.3) is 0 Å². The van der Waals surface area contributed by atoms with Crippen LogP contribution >= 0.6 is 0 Å². The smallest absolute Gasteiger partial charge is 0.306 e. The molecule has 6 N–H and O–H groups in total. The summed E-state index contributed by atoms with van der Waals surface area (Å²) in [5, 5.41) is 57.2. The van der Waals surface area contributed by atoms with Crippen LogP contribution in [0, 0.1) is 0 Å². The lowest BCUT2D eigenvalue weighted by Crippen LogP contribution is -2.61. The Balaban J connectivity index is 2.62. The topological polar surface area (TPSA) is 175 Å². The monoisotopic (exact) mass is 1160 g/mol. The normalized spacial score (nSPS) is 19.0. The molecule has 0 aromatic carbocycles. The van der Waals surface area contributed by atoms with Crippen LogP contribution in [0.15, 0.2) is 60.8 Å². The van der Waals surface area contributed by atoms with Gasteiger partial charge in [0, 0.05) is 6.42 Å². The summed E-state index contributed by atoms with van der Waals surface area (Å²) in [6.45, 7) is 5.79. The van der Waals surface area contributed by atoms with Crippen LogP contribution in [0.25, 0.3) is 0 Å². The average Bonchev–Trinajstić information content (AvgIpc) is 3.44. The number of hydrogen-bond acceptors (Lipinski definition) is 10. The number of aliphatic hydroxyl groups excluding tert-OH is 5. The average molecular weight is 1160 g/mol. The lowest BCUT2D eigenvalue weighted by Gasteiger charge is -2.41.